The smallest absolute Gasteiger partial charge is 0.148 e. The molecule has 0 bridgehead atoms. The lowest BCUT2D eigenvalue weighted by molar-refractivity contribution is 0.927. The first-order valence-electron chi connectivity index (χ1n) is 3.97. The van der Waals surface area contributed by atoms with E-state index in [2.05, 4.69) is 21.8 Å². The third-order valence-electron chi connectivity index (χ3n) is 1.46. The lowest BCUT2D eigenvalue weighted by Gasteiger charge is -2.02. The molecule has 1 rings (SSSR count). The summed E-state index contributed by atoms with van der Waals surface area (Å²) in [6.45, 7) is 0.939. The Kier molecular flexibility index (Phi) is 5.00. The molecule has 0 aliphatic rings. The van der Waals surface area contributed by atoms with Crippen molar-refractivity contribution in [3.8, 4) is 0 Å². The van der Waals surface area contributed by atoms with Crippen molar-refractivity contribution in [3.63, 3.8) is 0 Å². The van der Waals surface area contributed by atoms with E-state index >= 15 is 0 Å². The Balaban J connectivity index is 2.40. The fourth-order valence-corrected chi connectivity index (χ4v) is 1.44. The highest BCUT2D eigenvalue weighted by Crippen LogP contribution is 2.10. The number of thioether (sulfide) groups is 2. The topological polar surface area (TPSA) is 37.8 Å². The van der Waals surface area contributed by atoms with E-state index in [0.29, 0.717) is 0 Å². The first-order chi connectivity index (χ1) is 6.36. The molecular formula is C8H13N3S2. The summed E-state index contributed by atoms with van der Waals surface area (Å²) in [5, 5.41) is 12.2. The molecule has 1 aromatic heterocycles. The second-order valence-corrected chi connectivity index (χ2v) is 4.19. The fourth-order valence-electron chi connectivity index (χ4n) is 0.804. The molecule has 1 aromatic rings. The van der Waals surface area contributed by atoms with Gasteiger partial charge in [0.25, 0.3) is 0 Å². The first-order valence-corrected chi connectivity index (χ1v) is 6.59. The first kappa shape index (κ1) is 10.7. The number of nitrogens with zero attached hydrogens (tertiary/aromatic N) is 2. The summed E-state index contributed by atoms with van der Waals surface area (Å²) >= 11 is 3.41. The number of hydrogen-bond donors (Lipinski definition) is 1. The molecule has 5 heteroatoms. The summed E-state index contributed by atoms with van der Waals surface area (Å²) in [6.07, 6.45) is 4.08. The van der Waals surface area contributed by atoms with Crippen LogP contribution in [0.3, 0.4) is 0 Å². The van der Waals surface area contributed by atoms with Crippen molar-refractivity contribution in [3.05, 3.63) is 12.1 Å². The molecule has 1 N–H and O–H groups in total. The molecule has 1 heterocycles. The molecule has 0 fully saturated rings. The molecule has 72 valence electrons. The van der Waals surface area contributed by atoms with E-state index in [9.17, 15) is 0 Å². The molecule has 0 unspecified atom stereocenters. The molecule has 0 radical (unpaired) electrons. The lowest BCUT2D eigenvalue weighted by atomic mass is 10.5. The van der Waals surface area contributed by atoms with Gasteiger partial charge in [0.1, 0.15) is 10.8 Å². The zero-order valence-corrected chi connectivity index (χ0v) is 9.41. The van der Waals surface area contributed by atoms with Gasteiger partial charge in [-0.25, -0.2) is 0 Å². The van der Waals surface area contributed by atoms with Crippen molar-refractivity contribution in [2.24, 2.45) is 0 Å². The van der Waals surface area contributed by atoms with E-state index in [4.69, 9.17) is 0 Å². The Labute approximate surface area is 87.1 Å². The molecule has 0 aromatic carbocycles. The molecular weight excluding hydrogens is 202 g/mol. The molecule has 13 heavy (non-hydrogen) atoms. The summed E-state index contributed by atoms with van der Waals surface area (Å²) in [4.78, 5) is 0. The molecule has 0 aliphatic heterocycles. The molecule has 0 saturated heterocycles. The van der Waals surface area contributed by atoms with Crippen molar-refractivity contribution >= 4 is 29.3 Å². The third kappa shape index (κ3) is 3.87. The summed E-state index contributed by atoms with van der Waals surface area (Å²) in [7, 11) is 0. The van der Waals surface area contributed by atoms with Gasteiger partial charge in [0.05, 0.1) is 0 Å². The third-order valence-corrected chi connectivity index (χ3v) is 2.71. The van der Waals surface area contributed by atoms with Crippen molar-refractivity contribution < 1.29 is 0 Å². The maximum atomic E-state index is 4.03. The van der Waals surface area contributed by atoms with Gasteiger partial charge in [-0.3, -0.25) is 0 Å². The van der Waals surface area contributed by atoms with Gasteiger partial charge in [0.2, 0.25) is 0 Å². The number of nitrogens with one attached hydrogen (secondary N) is 1. The van der Waals surface area contributed by atoms with E-state index in [1.54, 1.807) is 11.8 Å². The van der Waals surface area contributed by atoms with E-state index in [1.165, 1.54) is 0 Å². The van der Waals surface area contributed by atoms with Crippen LogP contribution in [0.5, 0.6) is 0 Å². The molecule has 0 saturated carbocycles. The van der Waals surface area contributed by atoms with E-state index < -0.39 is 0 Å². The number of hydrogen-bond acceptors (Lipinski definition) is 5. The summed E-state index contributed by atoms with van der Waals surface area (Å²) in [5.74, 6) is 1.94. The average Bonchev–Trinajstić information content (AvgIpc) is 2.19. The van der Waals surface area contributed by atoms with Gasteiger partial charge in [-0.05, 0) is 24.6 Å². The Hall–Kier alpha value is -0.420. The molecule has 0 amide bonds. The highest BCUT2D eigenvalue weighted by Gasteiger charge is 1.94. The standard InChI is InChI=1S/C8H13N3S2/c1-12-6-5-9-7-3-4-8(13-2)11-10-7/h3-4H,5-6H2,1-2H3,(H,9,10). The average molecular weight is 215 g/mol. The molecule has 0 atom stereocenters. The quantitative estimate of drug-likeness (QED) is 0.600. The second-order valence-electron chi connectivity index (χ2n) is 2.38. The van der Waals surface area contributed by atoms with Crippen LogP contribution in [0.4, 0.5) is 5.82 Å². The predicted octanol–water partition coefficient (Wildman–Crippen LogP) is 1.97. The Morgan fingerprint density at radius 2 is 2.15 bits per heavy atom. The van der Waals surface area contributed by atoms with Crippen LogP contribution in [0.25, 0.3) is 0 Å². The second kappa shape index (κ2) is 6.10. The SMILES string of the molecule is CSCCNc1ccc(SC)nn1. The molecule has 0 aliphatic carbocycles. The monoisotopic (exact) mass is 215 g/mol. The van der Waals surface area contributed by atoms with E-state index in [1.807, 2.05) is 30.2 Å². The summed E-state index contributed by atoms with van der Waals surface area (Å²) < 4.78 is 0. The summed E-state index contributed by atoms with van der Waals surface area (Å²) in [5.41, 5.74) is 0. The minimum absolute atomic E-state index is 0.854. The normalized spacial score (nSPS) is 10.0. The van der Waals surface area contributed by atoms with Gasteiger partial charge >= 0.3 is 0 Å². The van der Waals surface area contributed by atoms with E-state index in [0.717, 1.165) is 23.1 Å². The largest absolute Gasteiger partial charge is 0.368 e. The highest BCUT2D eigenvalue weighted by atomic mass is 32.2. The van der Waals surface area contributed by atoms with Crippen LogP contribution in [-0.2, 0) is 0 Å². The van der Waals surface area contributed by atoms with Crippen LogP contribution in [0.1, 0.15) is 0 Å². The Bertz CT molecular complexity index is 238. The predicted molar refractivity (Wildman–Crippen MR) is 60.7 cm³/mol. The van der Waals surface area contributed by atoms with Gasteiger partial charge in [0, 0.05) is 12.3 Å². The van der Waals surface area contributed by atoms with Crippen molar-refractivity contribution in [1.82, 2.24) is 10.2 Å². The lowest BCUT2D eigenvalue weighted by Crippen LogP contribution is -2.05. The zero-order chi connectivity index (χ0) is 9.52. The van der Waals surface area contributed by atoms with Crippen molar-refractivity contribution in [1.29, 1.82) is 0 Å². The maximum Gasteiger partial charge on any atom is 0.148 e. The minimum Gasteiger partial charge on any atom is -0.368 e. The molecule has 0 spiro atoms. The van der Waals surface area contributed by atoms with Crippen LogP contribution >= 0.6 is 23.5 Å². The fraction of sp³-hybridized carbons (Fsp3) is 0.500. The van der Waals surface area contributed by atoms with Gasteiger partial charge in [-0.2, -0.15) is 11.8 Å². The van der Waals surface area contributed by atoms with Crippen molar-refractivity contribution in [2.45, 2.75) is 5.03 Å². The minimum atomic E-state index is 0.854. The number of aromatic nitrogens is 2. The maximum absolute atomic E-state index is 4.03. The van der Waals surface area contributed by atoms with Gasteiger partial charge < -0.3 is 5.32 Å². The number of anilines is 1. The zero-order valence-electron chi connectivity index (χ0n) is 7.78. The van der Waals surface area contributed by atoms with Crippen LogP contribution in [0.15, 0.2) is 17.2 Å². The van der Waals surface area contributed by atoms with Crippen LogP contribution in [-0.4, -0.2) is 35.0 Å². The highest BCUT2D eigenvalue weighted by molar-refractivity contribution is 7.98. The molecule has 3 nitrogen and oxygen atoms in total. The van der Waals surface area contributed by atoms with Gasteiger partial charge in [-0.1, -0.05) is 0 Å². The Morgan fingerprint density at radius 3 is 2.69 bits per heavy atom. The summed E-state index contributed by atoms with van der Waals surface area (Å²) in [6, 6.07) is 3.93. The van der Waals surface area contributed by atoms with Gasteiger partial charge in [0.15, 0.2) is 0 Å². The van der Waals surface area contributed by atoms with Crippen molar-refractivity contribution in [2.75, 3.05) is 30.1 Å². The van der Waals surface area contributed by atoms with Gasteiger partial charge in [-0.15, -0.1) is 22.0 Å². The number of rotatable bonds is 5. The van der Waals surface area contributed by atoms with E-state index in [-0.39, 0.29) is 0 Å². The Morgan fingerprint density at radius 1 is 1.31 bits per heavy atom. The van der Waals surface area contributed by atoms with Crippen LogP contribution in [0.2, 0.25) is 0 Å². The van der Waals surface area contributed by atoms with Crippen LogP contribution in [0, 0.1) is 0 Å². The van der Waals surface area contributed by atoms with Crippen LogP contribution < -0.4 is 5.32 Å².